The van der Waals surface area contributed by atoms with Gasteiger partial charge in [-0.25, -0.2) is 5.43 Å². The number of hydrazone groups is 1. The van der Waals surface area contributed by atoms with Crippen LogP contribution in [0, 0.1) is 0 Å². The van der Waals surface area contributed by atoms with Gasteiger partial charge < -0.3 is 9.32 Å². The highest BCUT2D eigenvalue weighted by Gasteiger charge is 2.10. The summed E-state index contributed by atoms with van der Waals surface area (Å²) in [5, 5.41) is 3.89. The molecule has 0 saturated heterocycles. The molecule has 5 nitrogen and oxygen atoms in total. The fourth-order valence-electron chi connectivity index (χ4n) is 1.61. The predicted molar refractivity (Wildman–Crippen MR) is 89.9 cm³/mol. The standard InChI is InChI=1S/C14H13Br2N3O2/c1-19(2)14-12(16)7-9(21-14)8-17-18-13(20)10-5-3-4-6-11(10)15/h3-8H,1-2H3,(H,18,20)/b17-8-. The molecule has 0 spiro atoms. The van der Waals surface area contributed by atoms with Gasteiger partial charge in [0.2, 0.25) is 5.88 Å². The largest absolute Gasteiger partial charge is 0.438 e. The Hall–Kier alpha value is -1.60. The van der Waals surface area contributed by atoms with Crippen LogP contribution in [-0.2, 0) is 0 Å². The molecule has 7 heteroatoms. The van der Waals surface area contributed by atoms with E-state index in [1.54, 1.807) is 24.3 Å². The van der Waals surface area contributed by atoms with E-state index >= 15 is 0 Å². The summed E-state index contributed by atoms with van der Waals surface area (Å²) in [6.07, 6.45) is 1.45. The maximum Gasteiger partial charge on any atom is 0.272 e. The first-order valence-electron chi connectivity index (χ1n) is 6.03. The first kappa shape index (κ1) is 15.8. The van der Waals surface area contributed by atoms with Crippen molar-refractivity contribution in [3.63, 3.8) is 0 Å². The first-order valence-corrected chi connectivity index (χ1v) is 7.62. The summed E-state index contributed by atoms with van der Waals surface area (Å²) in [6.45, 7) is 0. The van der Waals surface area contributed by atoms with Gasteiger partial charge in [-0.3, -0.25) is 4.79 Å². The van der Waals surface area contributed by atoms with Crippen molar-refractivity contribution < 1.29 is 9.21 Å². The molecule has 1 amide bonds. The van der Waals surface area contributed by atoms with Gasteiger partial charge in [0.05, 0.1) is 16.3 Å². The predicted octanol–water partition coefficient (Wildman–Crippen LogP) is 3.63. The number of nitrogens with one attached hydrogen (secondary N) is 1. The van der Waals surface area contributed by atoms with Gasteiger partial charge in [0.1, 0.15) is 0 Å². The molecule has 0 aliphatic heterocycles. The van der Waals surface area contributed by atoms with Crippen molar-refractivity contribution in [3.8, 4) is 0 Å². The Morgan fingerprint density at radius 1 is 1.29 bits per heavy atom. The highest BCUT2D eigenvalue weighted by molar-refractivity contribution is 9.11. The van der Waals surface area contributed by atoms with Gasteiger partial charge in [-0.15, -0.1) is 0 Å². The third-order valence-corrected chi connectivity index (χ3v) is 3.83. The summed E-state index contributed by atoms with van der Waals surface area (Å²) in [5.41, 5.74) is 2.98. The van der Waals surface area contributed by atoms with Crippen LogP contribution in [0.5, 0.6) is 0 Å². The summed E-state index contributed by atoms with van der Waals surface area (Å²) in [5.74, 6) is 0.934. The number of anilines is 1. The summed E-state index contributed by atoms with van der Waals surface area (Å²) in [7, 11) is 3.75. The number of carbonyl (C=O) groups excluding carboxylic acids is 1. The molecule has 0 saturated carbocycles. The third-order valence-electron chi connectivity index (χ3n) is 2.57. The molecule has 0 radical (unpaired) electrons. The van der Waals surface area contributed by atoms with E-state index < -0.39 is 0 Å². The third kappa shape index (κ3) is 3.95. The second-order valence-corrected chi connectivity index (χ2v) is 6.08. The quantitative estimate of drug-likeness (QED) is 0.613. The van der Waals surface area contributed by atoms with Crippen LogP contribution in [0.3, 0.4) is 0 Å². The molecule has 0 aliphatic rings. The summed E-state index contributed by atoms with van der Waals surface area (Å²) < 4.78 is 7.10. The lowest BCUT2D eigenvalue weighted by Crippen LogP contribution is -2.17. The van der Waals surface area contributed by atoms with E-state index in [1.807, 2.05) is 25.1 Å². The normalized spacial score (nSPS) is 10.9. The van der Waals surface area contributed by atoms with Crippen LogP contribution < -0.4 is 10.3 Å². The van der Waals surface area contributed by atoms with Crippen LogP contribution in [0.15, 0.2) is 48.8 Å². The lowest BCUT2D eigenvalue weighted by molar-refractivity contribution is 0.0954. The van der Waals surface area contributed by atoms with E-state index in [0.717, 1.165) is 4.47 Å². The number of benzene rings is 1. The molecule has 2 rings (SSSR count). The number of carbonyl (C=O) groups is 1. The maximum absolute atomic E-state index is 11.9. The van der Waals surface area contributed by atoms with Crippen molar-refractivity contribution >= 4 is 49.9 Å². The second-order valence-electron chi connectivity index (χ2n) is 4.38. The Balaban J connectivity index is 2.04. The van der Waals surface area contributed by atoms with E-state index in [0.29, 0.717) is 21.7 Å². The molecule has 110 valence electrons. The zero-order valence-electron chi connectivity index (χ0n) is 11.4. The second kappa shape index (κ2) is 6.91. The van der Waals surface area contributed by atoms with Crippen molar-refractivity contribution in [2.45, 2.75) is 0 Å². The SMILES string of the molecule is CN(C)c1oc(/C=N\NC(=O)c2ccccc2Br)cc1Br. The zero-order chi connectivity index (χ0) is 15.4. The number of nitrogens with zero attached hydrogens (tertiary/aromatic N) is 2. The Labute approximate surface area is 139 Å². The van der Waals surface area contributed by atoms with Crippen molar-refractivity contribution in [1.29, 1.82) is 0 Å². The summed E-state index contributed by atoms with van der Waals surface area (Å²) in [4.78, 5) is 13.8. The molecule has 2 aromatic rings. The van der Waals surface area contributed by atoms with E-state index in [1.165, 1.54) is 6.21 Å². The van der Waals surface area contributed by atoms with Crippen molar-refractivity contribution in [1.82, 2.24) is 5.43 Å². The van der Waals surface area contributed by atoms with Crippen molar-refractivity contribution in [3.05, 3.63) is 50.6 Å². The van der Waals surface area contributed by atoms with E-state index in [2.05, 4.69) is 42.4 Å². The molecule has 0 atom stereocenters. The zero-order valence-corrected chi connectivity index (χ0v) is 14.6. The number of amides is 1. The maximum atomic E-state index is 11.9. The average Bonchev–Trinajstić information content (AvgIpc) is 2.80. The Bertz CT molecular complexity index is 681. The van der Waals surface area contributed by atoms with Gasteiger partial charge in [0.15, 0.2) is 5.76 Å². The van der Waals surface area contributed by atoms with E-state index in [9.17, 15) is 4.79 Å². The molecule has 0 aliphatic carbocycles. The van der Waals surface area contributed by atoms with Crippen LogP contribution in [0.1, 0.15) is 16.1 Å². The summed E-state index contributed by atoms with van der Waals surface area (Å²) >= 11 is 6.71. The Kier molecular flexibility index (Phi) is 5.19. The van der Waals surface area contributed by atoms with Crippen LogP contribution >= 0.6 is 31.9 Å². The molecule has 0 fully saturated rings. The Morgan fingerprint density at radius 2 is 2.00 bits per heavy atom. The average molecular weight is 415 g/mol. The molecule has 0 bridgehead atoms. The van der Waals surface area contributed by atoms with Gasteiger partial charge in [0.25, 0.3) is 5.91 Å². The molecule has 1 aromatic heterocycles. The molecular weight excluding hydrogens is 402 g/mol. The highest BCUT2D eigenvalue weighted by atomic mass is 79.9. The molecule has 1 N–H and O–H groups in total. The van der Waals surface area contributed by atoms with Crippen LogP contribution in [-0.4, -0.2) is 26.2 Å². The molecule has 21 heavy (non-hydrogen) atoms. The van der Waals surface area contributed by atoms with Crippen LogP contribution in [0.2, 0.25) is 0 Å². The minimum atomic E-state index is -0.294. The van der Waals surface area contributed by atoms with Crippen LogP contribution in [0.4, 0.5) is 5.88 Å². The van der Waals surface area contributed by atoms with Gasteiger partial charge >= 0.3 is 0 Å². The van der Waals surface area contributed by atoms with Crippen LogP contribution in [0.25, 0.3) is 0 Å². The first-order chi connectivity index (χ1) is 9.99. The van der Waals surface area contributed by atoms with Gasteiger partial charge in [-0.05, 0) is 44.0 Å². The molecular formula is C14H13Br2N3O2. The smallest absolute Gasteiger partial charge is 0.272 e. The number of rotatable bonds is 4. The van der Waals surface area contributed by atoms with Crippen molar-refractivity contribution in [2.75, 3.05) is 19.0 Å². The fourth-order valence-corrected chi connectivity index (χ4v) is 2.73. The number of halogens is 2. The fraction of sp³-hybridized carbons (Fsp3) is 0.143. The summed E-state index contributed by atoms with van der Waals surface area (Å²) in [6, 6.07) is 8.92. The van der Waals surface area contributed by atoms with Gasteiger partial charge in [-0.1, -0.05) is 12.1 Å². The minimum Gasteiger partial charge on any atom is -0.438 e. The molecule has 0 unspecified atom stereocenters. The minimum absolute atomic E-state index is 0.294. The Morgan fingerprint density at radius 3 is 2.62 bits per heavy atom. The number of hydrogen-bond donors (Lipinski definition) is 1. The van der Waals surface area contributed by atoms with Crippen molar-refractivity contribution in [2.24, 2.45) is 5.10 Å². The lowest BCUT2D eigenvalue weighted by atomic mass is 10.2. The van der Waals surface area contributed by atoms with Gasteiger partial charge in [0, 0.05) is 24.6 Å². The highest BCUT2D eigenvalue weighted by Crippen LogP contribution is 2.27. The van der Waals surface area contributed by atoms with Gasteiger partial charge in [-0.2, -0.15) is 5.10 Å². The van der Waals surface area contributed by atoms with E-state index in [4.69, 9.17) is 4.42 Å². The van der Waals surface area contributed by atoms with E-state index in [-0.39, 0.29) is 5.91 Å². The monoisotopic (exact) mass is 413 g/mol. The lowest BCUT2D eigenvalue weighted by Gasteiger charge is -2.07. The molecule has 1 heterocycles. The number of hydrogen-bond acceptors (Lipinski definition) is 4. The topological polar surface area (TPSA) is 57.8 Å². The number of furan rings is 1. The molecule has 1 aromatic carbocycles.